The van der Waals surface area contributed by atoms with Crippen LogP contribution in [0.2, 0.25) is 5.02 Å². The standard InChI is InChI=1S/C22H24ClN3O6S/c1-13-21(27)25-18-11-16(6-8-20(18)32-13)33(29,30)26-9-3-4-14(12-26)22(28)24-15-5-7-19(31-2)17(23)10-15/h5-8,10-11,13-14H,3-4,9,12H2,1-2H3,(H,24,28)(H,25,27)/t13-,14+/m0/s1. The number of carbonyl (C=O) groups is 2. The highest BCUT2D eigenvalue weighted by molar-refractivity contribution is 7.89. The molecule has 0 aromatic heterocycles. The average Bonchev–Trinajstić information content (AvgIpc) is 2.79. The van der Waals surface area contributed by atoms with Crippen molar-refractivity contribution in [1.29, 1.82) is 0 Å². The van der Waals surface area contributed by atoms with Crippen molar-refractivity contribution in [2.75, 3.05) is 30.8 Å². The van der Waals surface area contributed by atoms with Gasteiger partial charge in [0.1, 0.15) is 11.5 Å². The molecule has 176 valence electrons. The largest absolute Gasteiger partial charge is 0.495 e. The van der Waals surface area contributed by atoms with E-state index in [0.717, 1.165) is 0 Å². The first-order valence-electron chi connectivity index (χ1n) is 10.4. The van der Waals surface area contributed by atoms with Crippen molar-refractivity contribution in [1.82, 2.24) is 4.31 Å². The van der Waals surface area contributed by atoms with Crippen molar-refractivity contribution in [3.8, 4) is 11.5 Å². The zero-order chi connectivity index (χ0) is 23.8. The van der Waals surface area contributed by atoms with Crippen molar-refractivity contribution in [2.24, 2.45) is 5.92 Å². The molecular weight excluding hydrogens is 470 g/mol. The van der Waals surface area contributed by atoms with Crippen molar-refractivity contribution in [3.63, 3.8) is 0 Å². The minimum Gasteiger partial charge on any atom is -0.495 e. The van der Waals surface area contributed by atoms with Gasteiger partial charge in [0.05, 0.1) is 28.6 Å². The van der Waals surface area contributed by atoms with Crippen LogP contribution in [0.25, 0.3) is 0 Å². The van der Waals surface area contributed by atoms with Crippen LogP contribution >= 0.6 is 11.6 Å². The lowest BCUT2D eigenvalue weighted by atomic mass is 9.98. The first-order chi connectivity index (χ1) is 15.7. The topological polar surface area (TPSA) is 114 Å². The van der Waals surface area contributed by atoms with Crippen LogP contribution in [0.4, 0.5) is 11.4 Å². The second-order valence-electron chi connectivity index (χ2n) is 7.95. The van der Waals surface area contributed by atoms with E-state index in [4.69, 9.17) is 21.1 Å². The average molecular weight is 494 g/mol. The summed E-state index contributed by atoms with van der Waals surface area (Å²) in [4.78, 5) is 24.7. The molecule has 11 heteroatoms. The Balaban J connectivity index is 1.48. The second kappa shape index (κ2) is 9.20. The zero-order valence-corrected chi connectivity index (χ0v) is 19.7. The molecule has 2 N–H and O–H groups in total. The van der Waals surface area contributed by atoms with Gasteiger partial charge in [-0.05, 0) is 56.2 Å². The lowest BCUT2D eigenvalue weighted by molar-refractivity contribution is -0.123. The molecule has 9 nitrogen and oxygen atoms in total. The van der Waals surface area contributed by atoms with Crippen molar-refractivity contribution < 1.29 is 27.5 Å². The van der Waals surface area contributed by atoms with E-state index in [1.807, 2.05) is 0 Å². The van der Waals surface area contributed by atoms with Gasteiger partial charge in [0.25, 0.3) is 5.91 Å². The number of halogens is 1. The molecule has 2 aromatic rings. The molecule has 0 bridgehead atoms. The minimum atomic E-state index is -3.87. The first kappa shape index (κ1) is 23.3. The SMILES string of the molecule is COc1ccc(NC(=O)[C@@H]2CCCN(S(=O)(=O)c3ccc4c(c3)NC(=O)[C@H](C)O4)C2)cc1Cl. The number of piperidine rings is 1. The van der Waals surface area contributed by atoms with E-state index in [1.165, 1.54) is 29.6 Å². The monoisotopic (exact) mass is 493 g/mol. The molecule has 2 aromatic carbocycles. The second-order valence-corrected chi connectivity index (χ2v) is 10.3. The van der Waals surface area contributed by atoms with Crippen molar-refractivity contribution in [2.45, 2.75) is 30.8 Å². The summed E-state index contributed by atoms with van der Waals surface area (Å²) >= 11 is 6.12. The molecule has 2 atom stereocenters. The molecule has 0 unspecified atom stereocenters. The fourth-order valence-corrected chi connectivity index (χ4v) is 5.67. The van der Waals surface area contributed by atoms with Gasteiger partial charge in [0.15, 0.2) is 6.10 Å². The molecule has 1 fully saturated rings. The van der Waals surface area contributed by atoms with Gasteiger partial charge in [-0.1, -0.05) is 11.6 Å². The summed E-state index contributed by atoms with van der Waals surface area (Å²) in [6.45, 7) is 1.97. The summed E-state index contributed by atoms with van der Waals surface area (Å²) in [5.74, 6) is -0.238. The van der Waals surface area contributed by atoms with Gasteiger partial charge in [0, 0.05) is 18.8 Å². The number of amides is 2. The van der Waals surface area contributed by atoms with E-state index < -0.39 is 22.0 Å². The quantitative estimate of drug-likeness (QED) is 0.661. The highest BCUT2D eigenvalue weighted by Gasteiger charge is 2.34. The van der Waals surface area contributed by atoms with Gasteiger partial charge in [-0.25, -0.2) is 8.42 Å². The van der Waals surface area contributed by atoms with Crippen LogP contribution in [-0.2, 0) is 19.6 Å². The van der Waals surface area contributed by atoms with E-state index in [9.17, 15) is 18.0 Å². The molecule has 4 rings (SSSR count). The van der Waals surface area contributed by atoms with E-state index in [0.29, 0.717) is 47.3 Å². The predicted octanol–water partition coefficient (Wildman–Crippen LogP) is 3.11. The van der Waals surface area contributed by atoms with E-state index in [-0.39, 0.29) is 23.3 Å². The number of nitrogens with one attached hydrogen (secondary N) is 2. The Labute approximate surface area is 197 Å². The Morgan fingerprint density at radius 2 is 2.06 bits per heavy atom. The van der Waals surface area contributed by atoms with Crippen LogP contribution < -0.4 is 20.1 Å². The fourth-order valence-electron chi connectivity index (χ4n) is 3.86. The molecule has 0 saturated carbocycles. The Morgan fingerprint density at radius 3 is 2.79 bits per heavy atom. The smallest absolute Gasteiger partial charge is 0.265 e. The van der Waals surface area contributed by atoms with Crippen LogP contribution in [0.3, 0.4) is 0 Å². The van der Waals surface area contributed by atoms with Gasteiger partial charge in [-0.2, -0.15) is 4.31 Å². The van der Waals surface area contributed by atoms with Gasteiger partial charge in [-0.15, -0.1) is 0 Å². The van der Waals surface area contributed by atoms with Gasteiger partial charge < -0.3 is 20.1 Å². The number of hydrogen-bond acceptors (Lipinski definition) is 6. The minimum absolute atomic E-state index is 0.0303. The predicted molar refractivity (Wildman–Crippen MR) is 123 cm³/mol. The summed E-state index contributed by atoms with van der Waals surface area (Å²) in [6.07, 6.45) is 0.457. The summed E-state index contributed by atoms with van der Waals surface area (Å²) in [6, 6.07) is 9.26. The number of hydrogen-bond donors (Lipinski definition) is 2. The number of methoxy groups -OCH3 is 1. The van der Waals surface area contributed by atoms with E-state index in [1.54, 1.807) is 25.1 Å². The van der Waals surface area contributed by atoms with Gasteiger partial charge in [-0.3, -0.25) is 9.59 Å². The normalized spacial score (nSPS) is 20.9. The third-order valence-corrected chi connectivity index (χ3v) is 7.85. The molecule has 2 amide bonds. The molecule has 0 aliphatic carbocycles. The maximum absolute atomic E-state index is 13.3. The number of ether oxygens (including phenoxy) is 2. The molecule has 0 spiro atoms. The third kappa shape index (κ3) is 4.78. The molecule has 0 radical (unpaired) electrons. The van der Waals surface area contributed by atoms with Crippen LogP contribution in [0.15, 0.2) is 41.3 Å². The molecule has 2 aliphatic rings. The van der Waals surface area contributed by atoms with Crippen molar-refractivity contribution in [3.05, 3.63) is 41.4 Å². The molecule has 2 aliphatic heterocycles. The first-order valence-corrected chi connectivity index (χ1v) is 12.3. The molecule has 1 saturated heterocycles. The number of sulfonamides is 1. The lowest BCUT2D eigenvalue weighted by Gasteiger charge is -2.31. The number of benzene rings is 2. The van der Waals surface area contributed by atoms with Crippen LogP contribution in [0.5, 0.6) is 11.5 Å². The van der Waals surface area contributed by atoms with Crippen LogP contribution in [0.1, 0.15) is 19.8 Å². The maximum Gasteiger partial charge on any atom is 0.265 e. The third-order valence-electron chi connectivity index (χ3n) is 5.69. The van der Waals surface area contributed by atoms with Crippen LogP contribution in [-0.4, -0.2) is 50.8 Å². The highest BCUT2D eigenvalue weighted by Crippen LogP contribution is 2.34. The summed E-state index contributed by atoms with van der Waals surface area (Å²) < 4.78 is 38.4. The summed E-state index contributed by atoms with van der Waals surface area (Å²) in [5.41, 5.74) is 0.812. The Bertz CT molecular complexity index is 1200. The molecular formula is C22H24ClN3O6S. The van der Waals surface area contributed by atoms with E-state index in [2.05, 4.69) is 10.6 Å². The van der Waals surface area contributed by atoms with Crippen molar-refractivity contribution >= 4 is 44.8 Å². The zero-order valence-electron chi connectivity index (χ0n) is 18.1. The maximum atomic E-state index is 13.3. The summed E-state index contributed by atoms with van der Waals surface area (Å²) in [5, 5.41) is 5.82. The number of carbonyl (C=O) groups excluding carboxylic acids is 2. The number of rotatable bonds is 5. The van der Waals surface area contributed by atoms with Gasteiger partial charge in [0.2, 0.25) is 15.9 Å². The number of fused-ring (bicyclic) bond motifs is 1. The lowest BCUT2D eigenvalue weighted by Crippen LogP contribution is -2.43. The summed E-state index contributed by atoms with van der Waals surface area (Å²) in [7, 11) is -2.37. The fraction of sp³-hybridized carbons (Fsp3) is 0.364. The number of nitrogens with zero attached hydrogens (tertiary/aromatic N) is 1. The van der Waals surface area contributed by atoms with E-state index >= 15 is 0 Å². The Kier molecular flexibility index (Phi) is 6.51. The number of anilines is 2. The molecule has 2 heterocycles. The Morgan fingerprint density at radius 1 is 1.27 bits per heavy atom. The Hall–Kier alpha value is -2.82. The van der Waals surface area contributed by atoms with Gasteiger partial charge >= 0.3 is 0 Å². The molecule has 33 heavy (non-hydrogen) atoms. The highest BCUT2D eigenvalue weighted by atomic mass is 35.5. The van der Waals surface area contributed by atoms with Crippen LogP contribution in [0, 0.1) is 5.92 Å².